The summed E-state index contributed by atoms with van der Waals surface area (Å²) in [5.41, 5.74) is 3.40. The van der Waals surface area contributed by atoms with Gasteiger partial charge in [-0.05, 0) is 23.3 Å². The van der Waals surface area contributed by atoms with Crippen molar-refractivity contribution in [1.82, 2.24) is 0 Å². The first-order valence-corrected chi connectivity index (χ1v) is 5.21. The zero-order valence-electron chi connectivity index (χ0n) is 9.31. The molecule has 16 heavy (non-hydrogen) atoms. The molecule has 0 aliphatic heterocycles. The summed E-state index contributed by atoms with van der Waals surface area (Å²) in [7, 11) is 1.67. The number of benzene rings is 2. The van der Waals surface area contributed by atoms with Gasteiger partial charge in [0.25, 0.3) is 0 Å². The molecule has 0 spiro atoms. The Balaban J connectivity index is 2.48. The van der Waals surface area contributed by atoms with Crippen LogP contribution < -0.4 is 4.74 Å². The van der Waals surface area contributed by atoms with E-state index in [1.165, 1.54) is 11.1 Å². The molecule has 2 aromatic rings. The van der Waals surface area contributed by atoms with Crippen LogP contribution in [0.5, 0.6) is 5.75 Å². The summed E-state index contributed by atoms with van der Waals surface area (Å²) < 4.78 is 5.26. The van der Waals surface area contributed by atoms with Gasteiger partial charge in [-0.25, -0.2) is 0 Å². The zero-order valence-corrected chi connectivity index (χ0v) is 9.31. The van der Waals surface area contributed by atoms with Crippen molar-refractivity contribution in [3.05, 3.63) is 60.7 Å². The molecule has 0 aromatic heterocycles. The van der Waals surface area contributed by atoms with E-state index < -0.39 is 0 Å². The molecular weight excluding hydrogens is 196 g/mol. The first-order valence-electron chi connectivity index (χ1n) is 5.21. The maximum absolute atomic E-state index is 5.26. The maximum atomic E-state index is 5.26. The third kappa shape index (κ3) is 1.98. The van der Waals surface area contributed by atoms with Crippen molar-refractivity contribution in [2.75, 3.05) is 7.11 Å². The molecular formula is C15H14O. The quantitative estimate of drug-likeness (QED) is 0.743. The van der Waals surface area contributed by atoms with Crippen molar-refractivity contribution in [2.24, 2.45) is 0 Å². The lowest BCUT2D eigenvalue weighted by molar-refractivity contribution is 0.414. The van der Waals surface area contributed by atoms with Crippen molar-refractivity contribution >= 4 is 6.08 Å². The topological polar surface area (TPSA) is 9.23 Å². The van der Waals surface area contributed by atoms with E-state index in [0.29, 0.717) is 0 Å². The van der Waals surface area contributed by atoms with Crippen molar-refractivity contribution in [1.29, 1.82) is 0 Å². The van der Waals surface area contributed by atoms with E-state index in [4.69, 9.17) is 4.74 Å². The van der Waals surface area contributed by atoms with Gasteiger partial charge in [-0.2, -0.15) is 0 Å². The van der Waals surface area contributed by atoms with Gasteiger partial charge < -0.3 is 4.74 Å². The Morgan fingerprint density at radius 2 is 1.75 bits per heavy atom. The van der Waals surface area contributed by atoms with Gasteiger partial charge in [-0.1, -0.05) is 49.1 Å². The van der Waals surface area contributed by atoms with Gasteiger partial charge in [0.1, 0.15) is 5.75 Å². The molecule has 1 heteroatoms. The predicted molar refractivity (Wildman–Crippen MR) is 68.5 cm³/mol. The van der Waals surface area contributed by atoms with Crippen molar-refractivity contribution in [3.63, 3.8) is 0 Å². The van der Waals surface area contributed by atoms with Crippen LogP contribution in [0.1, 0.15) is 5.56 Å². The third-order valence-corrected chi connectivity index (χ3v) is 2.56. The van der Waals surface area contributed by atoms with Gasteiger partial charge in [0.15, 0.2) is 0 Å². The van der Waals surface area contributed by atoms with Crippen LogP contribution in [0.3, 0.4) is 0 Å². The van der Waals surface area contributed by atoms with Gasteiger partial charge in [-0.3, -0.25) is 0 Å². The highest BCUT2D eigenvalue weighted by molar-refractivity contribution is 5.70. The summed E-state index contributed by atoms with van der Waals surface area (Å²) in [6.45, 7) is 3.79. The zero-order chi connectivity index (χ0) is 11.4. The Labute approximate surface area is 96.0 Å². The van der Waals surface area contributed by atoms with Gasteiger partial charge in [0.2, 0.25) is 0 Å². The number of hydrogen-bond acceptors (Lipinski definition) is 1. The molecule has 0 radical (unpaired) electrons. The monoisotopic (exact) mass is 210 g/mol. The Hall–Kier alpha value is -2.02. The summed E-state index contributed by atoms with van der Waals surface area (Å²) in [4.78, 5) is 0. The molecule has 0 aliphatic carbocycles. The Kier molecular flexibility index (Phi) is 3.06. The predicted octanol–water partition coefficient (Wildman–Crippen LogP) is 4.01. The second kappa shape index (κ2) is 4.67. The Morgan fingerprint density at radius 1 is 1.00 bits per heavy atom. The molecule has 80 valence electrons. The van der Waals surface area contributed by atoms with E-state index in [0.717, 1.165) is 11.3 Å². The first kappa shape index (κ1) is 10.5. The van der Waals surface area contributed by atoms with E-state index in [1.807, 2.05) is 30.3 Å². The minimum absolute atomic E-state index is 0.856. The average Bonchev–Trinajstić information content (AvgIpc) is 2.39. The van der Waals surface area contributed by atoms with Crippen LogP contribution in [0.25, 0.3) is 17.2 Å². The van der Waals surface area contributed by atoms with E-state index >= 15 is 0 Å². The largest absolute Gasteiger partial charge is 0.496 e. The fraction of sp³-hybridized carbons (Fsp3) is 0.0667. The normalized spacial score (nSPS) is 9.81. The third-order valence-electron chi connectivity index (χ3n) is 2.56. The van der Waals surface area contributed by atoms with E-state index in [9.17, 15) is 0 Å². The van der Waals surface area contributed by atoms with E-state index in [-0.39, 0.29) is 0 Å². The molecule has 0 amide bonds. The molecule has 0 bridgehead atoms. The summed E-state index contributed by atoms with van der Waals surface area (Å²) in [6, 6.07) is 16.4. The molecule has 0 saturated heterocycles. The number of ether oxygens (including phenoxy) is 1. The van der Waals surface area contributed by atoms with Crippen LogP contribution in [0, 0.1) is 0 Å². The molecule has 0 fully saturated rings. The molecule has 0 atom stereocenters. The SMILES string of the molecule is C=Cc1cc(-c2ccccc2)ccc1OC. The van der Waals surface area contributed by atoms with Gasteiger partial charge in [0.05, 0.1) is 7.11 Å². The Morgan fingerprint density at radius 3 is 2.38 bits per heavy atom. The Bertz CT molecular complexity index is 486. The molecule has 0 unspecified atom stereocenters. The van der Waals surface area contributed by atoms with Crippen LogP contribution in [-0.2, 0) is 0 Å². The average molecular weight is 210 g/mol. The van der Waals surface area contributed by atoms with Crippen LogP contribution >= 0.6 is 0 Å². The van der Waals surface area contributed by atoms with Gasteiger partial charge >= 0.3 is 0 Å². The lowest BCUT2D eigenvalue weighted by Crippen LogP contribution is -1.87. The second-order valence-electron chi connectivity index (χ2n) is 3.53. The molecule has 0 saturated carbocycles. The van der Waals surface area contributed by atoms with Crippen LogP contribution in [-0.4, -0.2) is 7.11 Å². The summed E-state index contributed by atoms with van der Waals surface area (Å²) in [6.07, 6.45) is 1.81. The highest BCUT2D eigenvalue weighted by Gasteiger charge is 2.02. The fourth-order valence-electron chi connectivity index (χ4n) is 1.70. The highest BCUT2D eigenvalue weighted by Crippen LogP contribution is 2.26. The summed E-state index contributed by atoms with van der Waals surface area (Å²) in [5.74, 6) is 0.856. The van der Waals surface area contributed by atoms with Crippen molar-refractivity contribution < 1.29 is 4.74 Å². The number of methoxy groups -OCH3 is 1. The highest BCUT2D eigenvalue weighted by atomic mass is 16.5. The molecule has 2 aromatic carbocycles. The number of rotatable bonds is 3. The fourth-order valence-corrected chi connectivity index (χ4v) is 1.70. The maximum Gasteiger partial charge on any atom is 0.126 e. The number of hydrogen-bond donors (Lipinski definition) is 0. The van der Waals surface area contributed by atoms with Crippen molar-refractivity contribution in [2.45, 2.75) is 0 Å². The minimum Gasteiger partial charge on any atom is -0.496 e. The minimum atomic E-state index is 0.856. The first-order chi connectivity index (χ1) is 7.85. The smallest absolute Gasteiger partial charge is 0.126 e. The molecule has 2 rings (SSSR count). The van der Waals surface area contributed by atoms with Crippen molar-refractivity contribution in [3.8, 4) is 16.9 Å². The van der Waals surface area contributed by atoms with Crippen LogP contribution in [0.4, 0.5) is 0 Å². The standard InChI is InChI=1S/C15H14O/c1-3-12-11-14(9-10-15(12)16-2)13-7-5-4-6-8-13/h3-11H,1H2,2H3. The van der Waals surface area contributed by atoms with E-state index in [1.54, 1.807) is 7.11 Å². The van der Waals surface area contributed by atoms with Gasteiger partial charge in [0, 0.05) is 5.56 Å². The van der Waals surface area contributed by atoms with Crippen LogP contribution in [0.15, 0.2) is 55.1 Å². The lowest BCUT2D eigenvalue weighted by atomic mass is 10.0. The molecule has 0 heterocycles. The molecule has 1 nitrogen and oxygen atoms in total. The van der Waals surface area contributed by atoms with Gasteiger partial charge in [-0.15, -0.1) is 0 Å². The molecule has 0 N–H and O–H groups in total. The molecule has 0 aliphatic rings. The summed E-state index contributed by atoms with van der Waals surface area (Å²) in [5, 5.41) is 0. The lowest BCUT2D eigenvalue weighted by Gasteiger charge is -2.07. The van der Waals surface area contributed by atoms with Crippen LogP contribution in [0.2, 0.25) is 0 Å². The summed E-state index contributed by atoms with van der Waals surface area (Å²) >= 11 is 0. The second-order valence-corrected chi connectivity index (χ2v) is 3.53. The van der Waals surface area contributed by atoms with E-state index in [2.05, 4.69) is 30.8 Å².